The number of nitrogens with one attached hydrogen (secondary N) is 1. The fraction of sp³-hybridized carbons (Fsp3) is 0.0222. The predicted molar refractivity (Wildman–Crippen MR) is 205 cm³/mol. The van der Waals surface area contributed by atoms with Gasteiger partial charge in [-0.05, 0) is 53.1 Å². The van der Waals surface area contributed by atoms with Crippen molar-refractivity contribution in [2.45, 2.75) is 6.17 Å². The Balaban J connectivity index is 1.18. The van der Waals surface area contributed by atoms with Crippen molar-refractivity contribution in [2.24, 2.45) is 9.98 Å². The molecule has 0 radical (unpaired) electrons. The van der Waals surface area contributed by atoms with Crippen molar-refractivity contribution in [3.05, 3.63) is 187 Å². The number of rotatable bonds is 5. The van der Waals surface area contributed by atoms with Crippen molar-refractivity contribution >= 4 is 55.4 Å². The minimum absolute atomic E-state index is 0.338. The summed E-state index contributed by atoms with van der Waals surface area (Å²) in [6.07, 6.45) is -0.338. The van der Waals surface area contributed by atoms with E-state index in [4.69, 9.17) is 14.4 Å². The first-order valence-electron chi connectivity index (χ1n) is 16.9. The Morgan fingerprint density at radius 3 is 1.98 bits per heavy atom. The standard InChI is InChI=1S/C45H30N4O/c1-4-13-29(14-5-1)30-23-25-32(26-24-30)44-46-43(31-15-6-2-7-16-31)47-45(48-44)37-21-12-20-36-40-39(50-42(36)37)28-27-35-34-19-10-11-22-38(34)49(41(35)40)33-17-8-3-9-18-33/h1-28,44H,(H,46,47,48). The average Bonchev–Trinajstić information content (AvgIpc) is 3.75. The molecule has 1 atom stereocenters. The number of nitrogens with zero attached hydrogens (tertiary/aromatic N) is 3. The zero-order valence-electron chi connectivity index (χ0n) is 27.0. The lowest BCUT2D eigenvalue weighted by Gasteiger charge is -2.24. The van der Waals surface area contributed by atoms with E-state index in [9.17, 15) is 0 Å². The van der Waals surface area contributed by atoms with Crippen molar-refractivity contribution in [1.29, 1.82) is 0 Å². The van der Waals surface area contributed by atoms with E-state index in [1.54, 1.807) is 0 Å². The van der Waals surface area contributed by atoms with Crippen LogP contribution in [0.4, 0.5) is 0 Å². The van der Waals surface area contributed by atoms with Crippen molar-refractivity contribution in [3.63, 3.8) is 0 Å². The summed E-state index contributed by atoms with van der Waals surface area (Å²) in [5.74, 6) is 1.40. The van der Waals surface area contributed by atoms with E-state index in [2.05, 4.69) is 155 Å². The van der Waals surface area contributed by atoms with Gasteiger partial charge in [0.25, 0.3) is 0 Å². The van der Waals surface area contributed by atoms with Crippen molar-refractivity contribution < 1.29 is 4.42 Å². The summed E-state index contributed by atoms with van der Waals surface area (Å²) >= 11 is 0. The van der Waals surface area contributed by atoms with Gasteiger partial charge in [-0.3, -0.25) is 0 Å². The minimum Gasteiger partial charge on any atom is -0.455 e. The molecular formula is C45H30N4O. The number of benzene rings is 7. The monoisotopic (exact) mass is 642 g/mol. The Morgan fingerprint density at radius 2 is 1.20 bits per heavy atom. The van der Waals surface area contributed by atoms with Crippen molar-refractivity contribution in [2.75, 3.05) is 0 Å². The molecule has 5 nitrogen and oxygen atoms in total. The fourth-order valence-electron chi connectivity index (χ4n) is 7.33. The van der Waals surface area contributed by atoms with Crippen LogP contribution in [0.5, 0.6) is 0 Å². The summed E-state index contributed by atoms with van der Waals surface area (Å²) in [5, 5.41) is 8.12. The molecule has 5 heteroatoms. The van der Waals surface area contributed by atoms with Gasteiger partial charge in [-0.1, -0.05) is 133 Å². The van der Waals surface area contributed by atoms with Crippen LogP contribution in [0.2, 0.25) is 0 Å². The van der Waals surface area contributed by atoms with Gasteiger partial charge in [-0.25, -0.2) is 9.98 Å². The maximum Gasteiger partial charge on any atom is 0.163 e. The third-order valence-corrected chi connectivity index (χ3v) is 9.67. The van der Waals surface area contributed by atoms with Gasteiger partial charge < -0.3 is 14.3 Å². The molecule has 3 heterocycles. The molecule has 0 saturated heterocycles. The Bertz CT molecular complexity index is 2760. The molecule has 1 aliphatic heterocycles. The molecule has 0 saturated carbocycles. The lowest BCUT2D eigenvalue weighted by Crippen LogP contribution is -2.33. The number of fused-ring (bicyclic) bond motifs is 7. The first kappa shape index (κ1) is 28.3. The maximum absolute atomic E-state index is 6.79. The van der Waals surface area contributed by atoms with Crippen molar-refractivity contribution in [1.82, 2.24) is 9.88 Å². The number of aromatic nitrogens is 1. The van der Waals surface area contributed by atoms with Gasteiger partial charge in [-0.2, -0.15) is 0 Å². The highest BCUT2D eigenvalue weighted by Gasteiger charge is 2.25. The average molecular weight is 643 g/mol. The first-order chi connectivity index (χ1) is 24.8. The molecular weight excluding hydrogens is 613 g/mol. The normalized spacial score (nSPS) is 14.6. The fourth-order valence-corrected chi connectivity index (χ4v) is 7.33. The number of amidine groups is 2. The zero-order valence-corrected chi connectivity index (χ0v) is 27.0. The number of para-hydroxylation sites is 3. The number of aliphatic imine (C=N–C) groups is 2. The molecule has 1 aliphatic rings. The molecule has 0 fully saturated rings. The van der Waals surface area contributed by atoms with Crippen LogP contribution < -0.4 is 5.32 Å². The van der Waals surface area contributed by atoms with Crippen LogP contribution in [0.1, 0.15) is 22.9 Å². The third-order valence-electron chi connectivity index (χ3n) is 9.67. The molecule has 50 heavy (non-hydrogen) atoms. The minimum atomic E-state index is -0.338. The second-order valence-electron chi connectivity index (χ2n) is 12.6. The van der Waals surface area contributed by atoms with E-state index in [0.29, 0.717) is 5.84 Å². The van der Waals surface area contributed by atoms with Crippen LogP contribution in [-0.2, 0) is 0 Å². The van der Waals surface area contributed by atoms with Crippen molar-refractivity contribution in [3.8, 4) is 16.8 Å². The molecule has 0 amide bonds. The quantitative estimate of drug-likeness (QED) is 0.203. The largest absolute Gasteiger partial charge is 0.455 e. The van der Waals surface area contributed by atoms with E-state index in [1.807, 2.05) is 24.3 Å². The SMILES string of the molecule is c1ccc(C2=NC(c3cccc4c3oc3ccc5c6ccccc6n(-c6ccccc6)c5c34)=NC(c3ccc(-c4ccccc4)cc3)N2)cc1. The van der Waals surface area contributed by atoms with Gasteiger partial charge in [0.15, 0.2) is 5.84 Å². The molecule has 9 aromatic rings. The predicted octanol–water partition coefficient (Wildman–Crippen LogP) is 10.8. The molecule has 0 spiro atoms. The molecule has 236 valence electrons. The van der Waals surface area contributed by atoms with Crippen LogP contribution in [-0.4, -0.2) is 16.2 Å². The molecule has 1 N–H and O–H groups in total. The summed E-state index contributed by atoms with van der Waals surface area (Å²) < 4.78 is 9.15. The lowest BCUT2D eigenvalue weighted by atomic mass is 10.0. The summed E-state index contributed by atoms with van der Waals surface area (Å²) in [5.41, 5.74) is 10.3. The topological polar surface area (TPSA) is 54.8 Å². The first-order valence-corrected chi connectivity index (χ1v) is 16.9. The zero-order chi connectivity index (χ0) is 33.0. The summed E-state index contributed by atoms with van der Waals surface area (Å²) in [6.45, 7) is 0. The molecule has 0 bridgehead atoms. The van der Waals surface area contributed by atoms with Gasteiger partial charge in [0, 0.05) is 27.4 Å². The highest BCUT2D eigenvalue weighted by molar-refractivity contribution is 6.27. The van der Waals surface area contributed by atoms with Crippen LogP contribution in [0.15, 0.2) is 184 Å². The molecule has 0 aliphatic carbocycles. The van der Waals surface area contributed by atoms with Crippen LogP contribution in [0.25, 0.3) is 60.6 Å². The van der Waals surface area contributed by atoms with Gasteiger partial charge in [0.05, 0.1) is 22.0 Å². The van der Waals surface area contributed by atoms with Gasteiger partial charge in [0.2, 0.25) is 0 Å². The highest BCUT2D eigenvalue weighted by Crippen LogP contribution is 2.42. The smallest absolute Gasteiger partial charge is 0.163 e. The van der Waals surface area contributed by atoms with Crippen LogP contribution >= 0.6 is 0 Å². The Labute approximate surface area is 288 Å². The number of hydrogen-bond acceptors (Lipinski definition) is 4. The second kappa shape index (κ2) is 11.5. The Kier molecular flexibility index (Phi) is 6.49. The highest BCUT2D eigenvalue weighted by atomic mass is 16.3. The van der Waals surface area contributed by atoms with E-state index >= 15 is 0 Å². The number of hydrogen-bond donors (Lipinski definition) is 1. The van der Waals surface area contributed by atoms with Crippen LogP contribution in [0.3, 0.4) is 0 Å². The summed E-state index contributed by atoms with van der Waals surface area (Å²) in [4.78, 5) is 10.4. The summed E-state index contributed by atoms with van der Waals surface area (Å²) in [6, 6.07) is 59.0. The molecule has 7 aromatic carbocycles. The molecule has 1 unspecified atom stereocenters. The van der Waals surface area contributed by atoms with E-state index in [0.717, 1.165) is 66.7 Å². The van der Waals surface area contributed by atoms with Gasteiger partial charge >= 0.3 is 0 Å². The summed E-state index contributed by atoms with van der Waals surface area (Å²) in [7, 11) is 0. The molecule has 2 aromatic heterocycles. The maximum atomic E-state index is 6.79. The Morgan fingerprint density at radius 1 is 0.540 bits per heavy atom. The van der Waals surface area contributed by atoms with Crippen LogP contribution in [0, 0.1) is 0 Å². The Hall–Kier alpha value is -6.72. The second-order valence-corrected chi connectivity index (χ2v) is 12.6. The third kappa shape index (κ3) is 4.55. The number of furan rings is 1. The molecule has 10 rings (SSSR count). The van der Waals surface area contributed by atoms with Gasteiger partial charge in [0.1, 0.15) is 23.2 Å². The van der Waals surface area contributed by atoms with E-state index < -0.39 is 0 Å². The van der Waals surface area contributed by atoms with Gasteiger partial charge in [-0.15, -0.1) is 0 Å². The van der Waals surface area contributed by atoms with E-state index in [-0.39, 0.29) is 6.17 Å². The lowest BCUT2D eigenvalue weighted by molar-refractivity contribution is 0.663. The van der Waals surface area contributed by atoms with E-state index in [1.165, 1.54) is 16.3 Å².